The Balaban J connectivity index is 1.38. The fourth-order valence-electron chi connectivity index (χ4n) is 4.99. The molecule has 1 saturated heterocycles. The molecule has 3 aromatic rings. The minimum absolute atomic E-state index is 0.0976. The van der Waals surface area contributed by atoms with Crippen molar-refractivity contribution in [3.05, 3.63) is 59.5 Å². The molecule has 2 bridgehead atoms. The molecule has 9 nitrogen and oxygen atoms in total. The first-order valence-corrected chi connectivity index (χ1v) is 10.9. The first-order valence-electron chi connectivity index (χ1n) is 10.9. The SMILES string of the molecule is CC1=C(C(N)=O)OC(C)N1c1ccc(F)c(-c2nc3ncc(C4=CC5CCC4N5)cn3n2)c1. The second-order valence-corrected chi connectivity index (χ2v) is 8.58. The summed E-state index contributed by atoms with van der Waals surface area (Å²) >= 11 is 0. The van der Waals surface area contributed by atoms with Crippen LogP contribution in [0.3, 0.4) is 0 Å². The van der Waals surface area contributed by atoms with Crippen LogP contribution in [-0.2, 0) is 9.53 Å². The Kier molecular flexibility index (Phi) is 4.28. The van der Waals surface area contributed by atoms with E-state index < -0.39 is 18.0 Å². The van der Waals surface area contributed by atoms with E-state index in [1.165, 1.54) is 11.6 Å². The molecule has 1 amide bonds. The monoisotopic (exact) mass is 447 g/mol. The third-order valence-corrected chi connectivity index (χ3v) is 6.50. The Bertz CT molecular complexity index is 1380. The Morgan fingerprint density at radius 1 is 1.33 bits per heavy atom. The molecule has 0 spiro atoms. The van der Waals surface area contributed by atoms with E-state index in [0.29, 0.717) is 29.2 Å². The molecule has 1 fully saturated rings. The minimum atomic E-state index is -0.645. The summed E-state index contributed by atoms with van der Waals surface area (Å²) in [6.45, 7) is 3.52. The molecule has 168 valence electrons. The van der Waals surface area contributed by atoms with Gasteiger partial charge in [0.15, 0.2) is 12.1 Å². The van der Waals surface area contributed by atoms with Gasteiger partial charge in [0.1, 0.15) is 5.82 Å². The zero-order chi connectivity index (χ0) is 22.9. The number of nitrogens with two attached hydrogens (primary N) is 1. The van der Waals surface area contributed by atoms with E-state index in [9.17, 15) is 9.18 Å². The zero-order valence-electron chi connectivity index (χ0n) is 18.1. The fourth-order valence-corrected chi connectivity index (χ4v) is 4.99. The van der Waals surface area contributed by atoms with Gasteiger partial charge in [0.05, 0.1) is 11.3 Å². The molecule has 0 aliphatic carbocycles. The number of halogens is 1. The molecule has 3 aliphatic heterocycles. The molecule has 0 saturated carbocycles. The lowest BCUT2D eigenvalue weighted by atomic mass is 9.95. The number of carbonyl (C=O) groups is 1. The Hall–Kier alpha value is -3.79. The summed E-state index contributed by atoms with van der Waals surface area (Å²) in [5, 5.41) is 8.06. The summed E-state index contributed by atoms with van der Waals surface area (Å²) in [6.07, 6.45) is 7.72. The second-order valence-electron chi connectivity index (χ2n) is 8.58. The van der Waals surface area contributed by atoms with Crippen molar-refractivity contribution in [2.75, 3.05) is 4.90 Å². The zero-order valence-corrected chi connectivity index (χ0v) is 18.1. The summed E-state index contributed by atoms with van der Waals surface area (Å²) in [6, 6.07) is 5.38. The predicted octanol–water partition coefficient (Wildman–Crippen LogP) is 2.35. The van der Waals surface area contributed by atoms with Crippen LogP contribution in [0.15, 0.2) is 48.1 Å². The molecule has 1 aromatic carbocycles. The maximum Gasteiger partial charge on any atom is 0.285 e. The fraction of sp³-hybridized carbons (Fsp3) is 0.304. The van der Waals surface area contributed by atoms with Crippen LogP contribution in [-0.4, -0.2) is 43.8 Å². The van der Waals surface area contributed by atoms with Crippen molar-refractivity contribution in [3.8, 4) is 11.4 Å². The summed E-state index contributed by atoms with van der Waals surface area (Å²) in [5.41, 5.74) is 9.05. The molecular formula is C23H22FN7O2. The van der Waals surface area contributed by atoms with Gasteiger partial charge in [0.25, 0.3) is 11.7 Å². The van der Waals surface area contributed by atoms with Crippen LogP contribution in [0, 0.1) is 5.82 Å². The van der Waals surface area contributed by atoms with Gasteiger partial charge in [-0.1, -0.05) is 6.08 Å². The number of carbonyl (C=O) groups excluding carboxylic acids is 1. The number of anilines is 1. The van der Waals surface area contributed by atoms with Gasteiger partial charge in [-0.05, 0) is 50.5 Å². The van der Waals surface area contributed by atoms with Gasteiger partial charge in [-0.15, -0.1) is 5.10 Å². The Morgan fingerprint density at radius 2 is 2.18 bits per heavy atom. The van der Waals surface area contributed by atoms with Crippen LogP contribution in [0.5, 0.6) is 0 Å². The molecule has 3 unspecified atom stereocenters. The molecule has 3 aliphatic rings. The van der Waals surface area contributed by atoms with Crippen LogP contribution < -0.4 is 16.0 Å². The van der Waals surface area contributed by atoms with E-state index in [0.717, 1.165) is 18.4 Å². The van der Waals surface area contributed by atoms with E-state index >= 15 is 0 Å². The van der Waals surface area contributed by atoms with Crippen molar-refractivity contribution in [2.45, 2.75) is 45.0 Å². The summed E-state index contributed by atoms with van der Waals surface area (Å²) in [4.78, 5) is 22.3. The van der Waals surface area contributed by atoms with Crippen LogP contribution in [0.4, 0.5) is 10.1 Å². The highest BCUT2D eigenvalue weighted by molar-refractivity contribution is 5.92. The van der Waals surface area contributed by atoms with Gasteiger partial charge in [0, 0.05) is 35.7 Å². The van der Waals surface area contributed by atoms with Gasteiger partial charge in [-0.3, -0.25) is 4.79 Å². The predicted molar refractivity (Wildman–Crippen MR) is 119 cm³/mol. The van der Waals surface area contributed by atoms with Crippen LogP contribution in [0.1, 0.15) is 32.3 Å². The van der Waals surface area contributed by atoms with E-state index in [2.05, 4.69) is 26.5 Å². The van der Waals surface area contributed by atoms with Gasteiger partial charge < -0.3 is 20.7 Å². The molecule has 2 aromatic heterocycles. The highest BCUT2D eigenvalue weighted by Crippen LogP contribution is 2.35. The summed E-state index contributed by atoms with van der Waals surface area (Å²) < 4.78 is 22.0. The Morgan fingerprint density at radius 3 is 2.88 bits per heavy atom. The van der Waals surface area contributed by atoms with Crippen molar-refractivity contribution in [1.82, 2.24) is 24.9 Å². The van der Waals surface area contributed by atoms with Gasteiger partial charge >= 0.3 is 0 Å². The molecule has 0 radical (unpaired) electrons. The lowest BCUT2D eigenvalue weighted by Gasteiger charge is -2.24. The number of nitrogens with zero attached hydrogens (tertiary/aromatic N) is 5. The van der Waals surface area contributed by atoms with Crippen LogP contribution in [0.25, 0.3) is 22.7 Å². The maximum absolute atomic E-state index is 14.8. The third-order valence-electron chi connectivity index (χ3n) is 6.50. The average Bonchev–Trinajstić information content (AvgIpc) is 3.57. The topological polar surface area (TPSA) is 111 Å². The molecule has 33 heavy (non-hydrogen) atoms. The molecular weight excluding hydrogens is 425 g/mol. The van der Waals surface area contributed by atoms with Gasteiger partial charge in [-0.2, -0.15) is 4.98 Å². The van der Waals surface area contributed by atoms with E-state index in [-0.39, 0.29) is 17.1 Å². The first-order chi connectivity index (χ1) is 15.9. The number of benzene rings is 1. The molecule has 5 heterocycles. The van der Waals surface area contributed by atoms with Crippen molar-refractivity contribution >= 4 is 22.9 Å². The van der Waals surface area contributed by atoms with E-state index in [4.69, 9.17) is 10.5 Å². The van der Waals surface area contributed by atoms with Crippen LogP contribution in [0.2, 0.25) is 0 Å². The number of aromatic nitrogens is 4. The Labute approximate surface area is 188 Å². The number of fused-ring (bicyclic) bond motifs is 3. The second kappa shape index (κ2) is 7.11. The number of ether oxygens (including phenoxy) is 1. The van der Waals surface area contributed by atoms with E-state index in [1.807, 2.05) is 6.20 Å². The normalized spacial score (nSPS) is 24.0. The van der Waals surface area contributed by atoms with Gasteiger partial charge in [-0.25, -0.2) is 13.9 Å². The van der Waals surface area contributed by atoms with Crippen molar-refractivity contribution in [1.29, 1.82) is 0 Å². The maximum atomic E-state index is 14.8. The van der Waals surface area contributed by atoms with Crippen molar-refractivity contribution in [3.63, 3.8) is 0 Å². The largest absolute Gasteiger partial charge is 0.463 e. The van der Waals surface area contributed by atoms with Gasteiger partial charge in [0.2, 0.25) is 5.76 Å². The third kappa shape index (κ3) is 3.09. The highest BCUT2D eigenvalue weighted by atomic mass is 19.1. The minimum Gasteiger partial charge on any atom is -0.463 e. The summed E-state index contributed by atoms with van der Waals surface area (Å²) in [7, 11) is 0. The first kappa shape index (κ1) is 19.9. The van der Waals surface area contributed by atoms with Crippen molar-refractivity contribution < 1.29 is 13.9 Å². The quantitative estimate of drug-likeness (QED) is 0.632. The lowest BCUT2D eigenvalue weighted by molar-refractivity contribution is -0.118. The molecule has 3 atom stereocenters. The standard InChI is InChI=1S/C23H22FN7O2/c1-11-20(21(25)32)33-12(2)31(11)15-4-5-18(24)17(8-15)22-28-23-26-9-13(10-30(23)29-22)16-7-14-3-6-19(16)27-14/h4-5,7-10,12,14,19,27H,3,6H2,1-2H3,(H2,25,32). The molecule has 10 heteroatoms. The number of rotatable bonds is 4. The number of nitrogens with one attached hydrogen (secondary N) is 1. The lowest BCUT2D eigenvalue weighted by Crippen LogP contribution is -2.27. The number of hydrogen-bond acceptors (Lipinski definition) is 7. The van der Waals surface area contributed by atoms with Crippen LogP contribution >= 0.6 is 0 Å². The number of allylic oxidation sites excluding steroid dienone is 1. The smallest absolute Gasteiger partial charge is 0.285 e. The van der Waals surface area contributed by atoms with Crippen molar-refractivity contribution in [2.24, 2.45) is 5.73 Å². The highest BCUT2D eigenvalue weighted by Gasteiger charge is 2.34. The molecule has 6 rings (SSSR count). The molecule has 3 N–H and O–H groups in total. The number of primary amides is 1. The number of hydrogen-bond donors (Lipinski definition) is 2. The summed E-state index contributed by atoms with van der Waals surface area (Å²) in [5.74, 6) is -0.391. The number of amides is 1. The van der Waals surface area contributed by atoms with E-state index in [1.54, 1.807) is 41.6 Å². The average molecular weight is 447 g/mol.